The minimum Gasteiger partial charge on any atom is -0.480 e. The molecule has 0 bridgehead atoms. The standard InChI is InChI=1S/C18H35N5O6/c1-10(2)8-13(18(28)29)23-16(26)12(6-4-5-7-19)22-14(25)9-21-17(27)15(20)11(3)24/h10-13,15,24H,4-9,19-20H2,1-3H3,(H,21,27)(H,22,25)(H,23,26)(H,28,29). The third kappa shape index (κ3) is 11.4. The van der Waals surface area contributed by atoms with E-state index in [4.69, 9.17) is 11.5 Å². The predicted octanol–water partition coefficient (Wildman–Crippen LogP) is -1.96. The van der Waals surface area contributed by atoms with Crippen LogP contribution in [0, 0.1) is 5.92 Å². The van der Waals surface area contributed by atoms with E-state index < -0.39 is 54.5 Å². The zero-order chi connectivity index (χ0) is 22.6. The van der Waals surface area contributed by atoms with Crippen molar-refractivity contribution >= 4 is 23.7 Å². The lowest BCUT2D eigenvalue weighted by atomic mass is 10.0. The molecule has 4 unspecified atom stereocenters. The second kappa shape index (κ2) is 13.9. The number of hydrogen-bond acceptors (Lipinski definition) is 7. The molecule has 0 spiro atoms. The molecule has 11 nitrogen and oxygen atoms in total. The maximum absolute atomic E-state index is 12.5. The molecule has 0 aliphatic rings. The number of aliphatic carboxylic acids is 1. The molecule has 3 amide bonds. The van der Waals surface area contributed by atoms with Gasteiger partial charge in [-0.05, 0) is 45.1 Å². The van der Waals surface area contributed by atoms with Crippen LogP contribution in [-0.4, -0.2) is 71.2 Å². The van der Waals surface area contributed by atoms with Crippen molar-refractivity contribution in [1.82, 2.24) is 16.0 Å². The number of amides is 3. The Kier molecular flexibility index (Phi) is 12.8. The van der Waals surface area contributed by atoms with Crippen LogP contribution in [0.15, 0.2) is 0 Å². The van der Waals surface area contributed by atoms with Crippen molar-refractivity contribution in [3.05, 3.63) is 0 Å². The Labute approximate surface area is 171 Å². The Hall–Kier alpha value is -2.24. The quantitative estimate of drug-likeness (QED) is 0.158. The highest BCUT2D eigenvalue weighted by molar-refractivity contribution is 5.92. The number of carbonyl (C=O) groups excluding carboxylic acids is 3. The highest BCUT2D eigenvalue weighted by Crippen LogP contribution is 2.07. The van der Waals surface area contributed by atoms with Crippen molar-refractivity contribution in [3.63, 3.8) is 0 Å². The van der Waals surface area contributed by atoms with Crippen LogP contribution in [0.2, 0.25) is 0 Å². The van der Waals surface area contributed by atoms with Gasteiger partial charge in [0.25, 0.3) is 0 Å². The molecular weight excluding hydrogens is 382 g/mol. The second-order valence-electron chi connectivity index (χ2n) is 7.42. The van der Waals surface area contributed by atoms with Gasteiger partial charge in [-0.25, -0.2) is 4.79 Å². The van der Waals surface area contributed by atoms with Gasteiger partial charge < -0.3 is 37.6 Å². The van der Waals surface area contributed by atoms with Crippen LogP contribution in [0.3, 0.4) is 0 Å². The number of hydrogen-bond donors (Lipinski definition) is 7. The number of carboxylic acids is 1. The molecule has 4 atom stereocenters. The number of carbonyl (C=O) groups is 4. The summed E-state index contributed by atoms with van der Waals surface area (Å²) < 4.78 is 0. The minimum atomic E-state index is -1.18. The fraction of sp³-hybridized carbons (Fsp3) is 0.778. The summed E-state index contributed by atoms with van der Waals surface area (Å²) in [5.74, 6) is -3.06. The van der Waals surface area contributed by atoms with Gasteiger partial charge in [0.2, 0.25) is 17.7 Å². The second-order valence-corrected chi connectivity index (χ2v) is 7.42. The molecule has 9 N–H and O–H groups in total. The largest absolute Gasteiger partial charge is 0.480 e. The van der Waals surface area contributed by atoms with Crippen LogP contribution in [0.4, 0.5) is 0 Å². The van der Waals surface area contributed by atoms with Gasteiger partial charge in [-0.3, -0.25) is 14.4 Å². The van der Waals surface area contributed by atoms with Crippen molar-refractivity contribution in [1.29, 1.82) is 0 Å². The summed E-state index contributed by atoms with van der Waals surface area (Å²) in [7, 11) is 0. The number of aliphatic hydroxyl groups is 1. The average Bonchev–Trinajstić information content (AvgIpc) is 2.63. The first-order valence-electron chi connectivity index (χ1n) is 9.73. The van der Waals surface area contributed by atoms with Gasteiger partial charge in [0.05, 0.1) is 12.6 Å². The van der Waals surface area contributed by atoms with Crippen LogP contribution in [0.25, 0.3) is 0 Å². The van der Waals surface area contributed by atoms with E-state index in [1.807, 2.05) is 13.8 Å². The van der Waals surface area contributed by atoms with Crippen LogP contribution in [0.1, 0.15) is 46.5 Å². The number of carboxylic acid groups (broad SMARTS) is 1. The first kappa shape index (κ1) is 26.8. The maximum Gasteiger partial charge on any atom is 0.326 e. The highest BCUT2D eigenvalue weighted by Gasteiger charge is 2.27. The maximum atomic E-state index is 12.5. The summed E-state index contributed by atoms with van der Waals surface area (Å²) >= 11 is 0. The lowest BCUT2D eigenvalue weighted by Crippen LogP contribution is -2.54. The molecule has 0 radical (unpaired) electrons. The summed E-state index contributed by atoms with van der Waals surface area (Å²) in [6.07, 6.45) is 0.618. The van der Waals surface area contributed by atoms with Crippen molar-refractivity contribution in [2.24, 2.45) is 17.4 Å². The van der Waals surface area contributed by atoms with Crippen molar-refractivity contribution in [2.45, 2.75) is 70.7 Å². The molecular formula is C18H35N5O6. The van der Waals surface area contributed by atoms with E-state index in [1.54, 1.807) is 0 Å². The summed E-state index contributed by atoms with van der Waals surface area (Å²) in [5, 5.41) is 25.8. The normalized spacial score (nSPS) is 15.1. The molecule has 0 fully saturated rings. The molecule has 29 heavy (non-hydrogen) atoms. The fourth-order valence-electron chi connectivity index (χ4n) is 2.48. The zero-order valence-electron chi connectivity index (χ0n) is 17.3. The molecule has 0 saturated carbocycles. The monoisotopic (exact) mass is 417 g/mol. The highest BCUT2D eigenvalue weighted by atomic mass is 16.4. The van der Waals surface area contributed by atoms with E-state index in [-0.39, 0.29) is 18.8 Å². The Bertz CT molecular complexity index is 555. The average molecular weight is 418 g/mol. The molecule has 0 aromatic heterocycles. The van der Waals surface area contributed by atoms with Gasteiger partial charge >= 0.3 is 5.97 Å². The smallest absolute Gasteiger partial charge is 0.326 e. The molecule has 168 valence electrons. The fourth-order valence-corrected chi connectivity index (χ4v) is 2.48. The SMILES string of the molecule is CC(C)CC(NC(=O)C(CCCCN)NC(=O)CNC(=O)C(N)C(C)O)C(=O)O. The zero-order valence-corrected chi connectivity index (χ0v) is 17.3. The van der Waals surface area contributed by atoms with Crippen LogP contribution >= 0.6 is 0 Å². The van der Waals surface area contributed by atoms with Gasteiger partial charge in [0.15, 0.2) is 0 Å². The summed E-state index contributed by atoms with van der Waals surface area (Å²) in [6, 6.07) is -3.22. The Morgan fingerprint density at radius 2 is 1.59 bits per heavy atom. The first-order chi connectivity index (χ1) is 13.5. The summed E-state index contributed by atoms with van der Waals surface area (Å²) in [4.78, 5) is 47.8. The third-order valence-electron chi connectivity index (χ3n) is 4.17. The number of unbranched alkanes of at least 4 members (excludes halogenated alkanes) is 1. The lowest BCUT2D eigenvalue weighted by molar-refractivity contribution is -0.142. The van der Waals surface area contributed by atoms with Gasteiger partial charge in [-0.1, -0.05) is 13.8 Å². The van der Waals surface area contributed by atoms with E-state index in [2.05, 4.69) is 16.0 Å². The predicted molar refractivity (Wildman–Crippen MR) is 107 cm³/mol. The molecule has 0 heterocycles. The molecule has 0 aliphatic carbocycles. The van der Waals surface area contributed by atoms with E-state index in [0.29, 0.717) is 19.4 Å². The van der Waals surface area contributed by atoms with E-state index >= 15 is 0 Å². The number of rotatable bonds is 14. The number of aliphatic hydroxyl groups excluding tert-OH is 1. The molecule has 0 aliphatic heterocycles. The van der Waals surface area contributed by atoms with Crippen molar-refractivity contribution < 1.29 is 29.4 Å². The number of nitrogens with one attached hydrogen (secondary N) is 3. The van der Waals surface area contributed by atoms with Crippen LogP contribution in [-0.2, 0) is 19.2 Å². The summed E-state index contributed by atoms with van der Waals surface area (Å²) in [5.41, 5.74) is 10.9. The molecule has 0 aromatic rings. The van der Waals surface area contributed by atoms with Gasteiger partial charge in [0, 0.05) is 0 Å². The van der Waals surface area contributed by atoms with Gasteiger partial charge in [-0.2, -0.15) is 0 Å². The van der Waals surface area contributed by atoms with E-state index in [0.717, 1.165) is 0 Å². The Balaban J connectivity index is 4.93. The molecule has 11 heteroatoms. The third-order valence-corrected chi connectivity index (χ3v) is 4.17. The number of nitrogens with two attached hydrogens (primary N) is 2. The molecule has 0 aromatic carbocycles. The van der Waals surface area contributed by atoms with Crippen LogP contribution < -0.4 is 27.4 Å². The van der Waals surface area contributed by atoms with E-state index in [1.165, 1.54) is 6.92 Å². The Morgan fingerprint density at radius 3 is 2.07 bits per heavy atom. The van der Waals surface area contributed by atoms with Crippen LogP contribution in [0.5, 0.6) is 0 Å². The van der Waals surface area contributed by atoms with Gasteiger partial charge in [-0.15, -0.1) is 0 Å². The molecule has 0 rings (SSSR count). The summed E-state index contributed by atoms with van der Waals surface area (Å²) in [6.45, 7) is 5.00. The van der Waals surface area contributed by atoms with Crippen molar-refractivity contribution in [2.75, 3.05) is 13.1 Å². The van der Waals surface area contributed by atoms with Crippen molar-refractivity contribution in [3.8, 4) is 0 Å². The van der Waals surface area contributed by atoms with E-state index in [9.17, 15) is 29.4 Å². The first-order valence-corrected chi connectivity index (χ1v) is 9.73. The topological polar surface area (TPSA) is 197 Å². The lowest BCUT2D eigenvalue weighted by Gasteiger charge is -2.22. The van der Waals surface area contributed by atoms with Gasteiger partial charge in [0.1, 0.15) is 18.1 Å². The minimum absolute atomic E-state index is 0.0509. The Morgan fingerprint density at radius 1 is 0.966 bits per heavy atom. The molecule has 0 saturated heterocycles.